The van der Waals surface area contributed by atoms with Gasteiger partial charge in [0.1, 0.15) is 13.2 Å². The lowest BCUT2D eigenvalue weighted by Crippen LogP contribution is -2.37. The minimum atomic E-state index is -1.20. The first kappa shape index (κ1) is 15.9. The first-order valence-electron chi connectivity index (χ1n) is 5.55. The average molecular weight is 301 g/mol. The second kappa shape index (κ2) is 7.46. The molecule has 0 spiro atoms. The van der Waals surface area contributed by atoms with Crippen molar-refractivity contribution < 1.29 is 24.2 Å². The summed E-state index contributed by atoms with van der Waals surface area (Å²) in [7, 11) is 0. The molecule has 0 aliphatic carbocycles. The minimum Gasteiger partial charge on any atom is -0.480 e. The number of ether oxygens (including phenoxy) is 1. The Labute approximate surface area is 119 Å². The Morgan fingerprint density at radius 3 is 2.65 bits per heavy atom. The normalized spacial score (nSPS) is 9.90. The molecule has 0 aromatic heterocycles. The van der Waals surface area contributed by atoms with Gasteiger partial charge in [-0.15, -0.1) is 0 Å². The van der Waals surface area contributed by atoms with E-state index in [4.69, 9.17) is 16.7 Å². The highest BCUT2D eigenvalue weighted by atomic mass is 35.5. The number of hydrogen-bond acceptors (Lipinski definition) is 4. The van der Waals surface area contributed by atoms with Crippen LogP contribution in [0.15, 0.2) is 18.2 Å². The number of halogens is 1. The minimum absolute atomic E-state index is 0.334. The first-order chi connectivity index (χ1) is 9.38. The second-order valence-electron chi connectivity index (χ2n) is 3.87. The number of hydrogen-bond donors (Lipinski definition) is 3. The van der Waals surface area contributed by atoms with Gasteiger partial charge in [0.15, 0.2) is 0 Å². The number of rotatable bonds is 5. The van der Waals surface area contributed by atoms with E-state index in [-0.39, 0.29) is 0 Å². The topological polar surface area (TPSA) is 105 Å². The zero-order valence-electron chi connectivity index (χ0n) is 10.6. The van der Waals surface area contributed by atoms with Crippen molar-refractivity contribution in [1.29, 1.82) is 0 Å². The molecule has 0 atom stereocenters. The van der Waals surface area contributed by atoms with Gasteiger partial charge in [-0.05, 0) is 24.6 Å². The molecular weight excluding hydrogens is 288 g/mol. The van der Waals surface area contributed by atoms with Crippen molar-refractivity contribution in [3.8, 4) is 0 Å². The van der Waals surface area contributed by atoms with Gasteiger partial charge in [-0.25, -0.2) is 9.59 Å². The average Bonchev–Trinajstić information content (AvgIpc) is 2.33. The van der Waals surface area contributed by atoms with Crippen LogP contribution in [0.3, 0.4) is 0 Å². The second-order valence-corrected chi connectivity index (χ2v) is 4.28. The maximum atomic E-state index is 11.5. The molecule has 0 radical (unpaired) electrons. The molecule has 3 N–H and O–H groups in total. The largest absolute Gasteiger partial charge is 0.480 e. The number of carbonyl (C=O) groups is 3. The molecule has 1 aromatic carbocycles. The van der Waals surface area contributed by atoms with E-state index in [0.717, 1.165) is 5.56 Å². The van der Waals surface area contributed by atoms with Crippen LogP contribution >= 0.6 is 11.6 Å². The maximum Gasteiger partial charge on any atom is 0.329 e. The predicted octanol–water partition coefficient (Wildman–Crippen LogP) is 1.40. The van der Waals surface area contributed by atoms with E-state index in [1.165, 1.54) is 0 Å². The third-order valence-electron chi connectivity index (χ3n) is 2.08. The van der Waals surface area contributed by atoms with Gasteiger partial charge in [0.2, 0.25) is 0 Å². The van der Waals surface area contributed by atoms with Crippen LogP contribution in [-0.2, 0) is 14.3 Å². The standard InChI is InChI=1S/C12H13ClN2O5/c1-7-2-3-8(13)9(4-7)14-12(19)15-10(16)5-20-6-11(17)18/h2-4H,5-6H2,1H3,(H,17,18)(H2,14,15,16,19). The number of carboxylic acid groups (broad SMARTS) is 1. The number of imide groups is 1. The summed E-state index contributed by atoms with van der Waals surface area (Å²) < 4.78 is 4.53. The Balaban J connectivity index is 2.45. The van der Waals surface area contributed by atoms with Crippen LogP contribution < -0.4 is 10.6 Å². The van der Waals surface area contributed by atoms with E-state index in [9.17, 15) is 14.4 Å². The van der Waals surface area contributed by atoms with Crippen molar-refractivity contribution in [2.24, 2.45) is 0 Å². The quantitative estimate of drug-likeness (QED) is 0.762. The zero-order chi connectivity index (χ0) is 15.1. The third kappa shape index (κ3) is 5.68. The number of carbonyl (C=O) groups excluding carboxylic acids is 2. The molecule has 1 aromatic rings. The number of aliphatic carboxylic acids is 1. The fourth-order valence-electron chi connectivity index (χ4n) is 1.28. The monoisotopic (exact) mass is 300 g/mol. The van der Waals surface area contributed by atoms with Gasteiger partial charge in [0, 0.05) is 0 Å². The summed E-state index contributed by atoms with van der Waals surface area (Å²) in [6.07, 6.45) is 0. The van der Waals surface area contributed by atoms with Crippen LogP contribution in [0.5, 0.6) is 0 Å². The number of aryl methyl sites for hydroxylation is 1. The van der Waals surface area contributed by atoms with Gasteiger partial charge in [0.25, 0.3) is 5.91 Å². The molecule has 0 unspecified atom stereocenters. The van der Waals surface area contributed by atoms with Gasteiger partial charge in [-0.3, -0.25) is 10.1 Å². The summed E-state index contributed by atoms with van der Waals surface area (Å²) in [6, 6.07) is 4.26. The van der Waals surface area contributed by atoms with Crippen molar-refractivity contribution in [2.75, 3.05) is 18.5 Å². The van der Waals surface area contributed by atoms with Gasteiger partial charge in [-0.1, -0.05) is 17.7 Å². The van der Waals surface area contributed by atoms with E-state index in [2.05, 4.69) is 10.1 Å². The van der Waals surface area contributed by atoms with Gasteiger partial charge in [-0.2, -0.15) is 0 Å². The predicted molar refractivity (Wildman–Crippen MR) is 71.8 cm³/mol. The molecule has 20 heavy (non-hydrogen) atoms. The number of benzene rings is 1. The number of nitrogens with one attached hydrogen (secondary N) is 2. The lowest BCUT2D eigenvalue weighted by atomic mass is 10.2. The van der Waals surface area contributed by atoms with Gasteiger partial charge in [0.05, 0.1) is 10.7 Å². The van der Waals surface area contributed by atoms with E-state index >= 15 is 0 Å². The molecule has 0 saturated carbocycles. The molecule has 0 heterocycles. The van der Waals surface area contributed by atoms with Crippen molar-refractivity contribution >= 4 is 35.2 Å². The lowest BCUT2D eigenvalue weighted by Gasteiger charge is -2.09. The molecule has 0 aliphatic rings. The number of amides is 3. The summed E-state index contributed by atoms with van der Waals surface area (Å²) in [5.74, 6) is -1.96. The van der Waals surface area contributed by atoms with E-state index in [0.29, 0.717) is 10.7 Å². The maximum absolute atomic E-state index is 11.5. The Kier molecular flexibility index (Phi) is 5.95. The summed E-state index contributed by atoms with van der Waals surface area (Å²) in [5, 5.41) is 13.0. The van der Waals surface area contributed by atoms with Crippen molar-refractivity contribution in [2.45, 2.75) is 6.92 Å². The van der Waals surface area contributed by atoms with Crippen LogP contribution in [0.4, 0.5) is 10.5 Å². The zero-order valence-corrected chi connectivity index (χ0v) is 11.4. The fraction of sp³-hybridized carbons (Fsp3) is 0.250. The Morgan fingerprint density at radius 2 is 2.00 bits per heavy atom. The Hall–Kier alpha value is -2.12. The molecule has 1 rings (SSSR count). The first-order valence-corrected chi connectivity index (χ1v) is 5.93. The van der Waals surface area contributed by atoms with E-state index < -0.39 is 31.1 Å². The highest BCUT2D eigenvalue weighted by Gasteiger charge is 2.10. The van der Waals surface area contributed by atoms with Gasteiger partial charge < -0.3 is 15.2 Å². The number of urea groups is 1. The van der Waals surface area contributed by atoms with Crippen LogP contribution in [0.25, 0.3) is 0 Å². The highest BCUT2D eigenvalue weighted by molar-refractivity contribution is 6.33. The van der Waals surface area contributed by atoms with Gasteiger partial charge >= 0.3 is 12.0 Å². The smallest absolute Gasteiger partial charge is 0.329 e. The van der Waals surface area contributed by atoms with Crippen LogP contribution in [0.1, 0.15) is 5.56 Å². The van der Waals surface area contributed by atoms with Crippen molar-refractivity contribution in [1.82, 2.24) is 5.32 Å². The molecule has 0 bridgehead atoms. The Morgan fingerprint density at radius 1 is 1.30 bits per heavy atom. The number of anilines is 1. The molecular formula is C12H13ClN2O5. The summed E-state index contributed by atoms with van der Waals surface area (Å²) in [4.78, 5) is 32.9. The molecule has 0 aliphatic heterocycles. The van der Waals surface area contributed by atoms with Crippen LogP contribution in [0, 0.1) is 6.92 Å². The van der Waals surface area contributed by atoms with E-state index in [1.807, 2.05) is 12.2 Å². The van der Waals surface area contributed by atoms with Crippen molar-refractivity contribution in [3.63, 3.8) is 0 Å². The van der Waals surface area contributed by atoms with Crippen molar-refractivity contribution in [3.05, 3.63) is 28.8 Å². The van der Waals surface area contributed by atoms with Crippen LogP contribution in [-0.4, -0.2) is 36.2 Å². The molecule has 8 heteroatoms. The molecule has 3 amide bonds. The highest BCUT2D eigenvalue weighted by Crippen LogP contribution is 2.22. The molecule has 108 valence electrons. The third-order valence-corrected chi connectivity index (χ3v) is 2.41. The number of carboxylic acids is 1. The van der Waals surface area contributed by atoms with E-state index in [1.54, 1.807) is 18.2 Å². The molecule has 0 saturated heterocycles. The fourth-order valence-corrected chi connectivity index (χ4v) is 1.45. The molecule has 0 fully saturated rings. The summed E-state index contributed by atoms with van der Waals surface area (Å²) in [5.41, 5.74) is 1.25. The van der Waals surface area contributed by atoms with Crippen LogP contribution in [0.2, 0.25) is 5.02 Å². The Bertz CT molecular complexity index is 533. The summed E-state index contributed by atoms with van der Waals surface area (Å²) in [6.45, 7) is 0.685. The molecule has 7 nitrogen and oxygen atoms in total. The lowest BCUT2D eigenvalue weighted by molar-refractivity contribution is -0.143. The summed E-state index contributed by atoms with van der Waals surface area (Å²) >= 11 is 5.88. The SMILES string of the molecule is Cc1ccc(Cl)c(NC(=O)NC(=O)COCC(=O)O)c1.